The van der Waals surface area contributed by atoms with Crippen LogP contribution in [0.2, 0.25) is 0 Å². The minimum Gasteiger partial charge on any atom is -0.480 e. The van der Waals surface area contributed by atoms with Crippen LogP contribution in [-0.4, -0.2) is 16.6 Å². The zero-order chi connectivity index (χ0) is 14.4. The standard InChI is InChI=1S/C17H14N2O2/c18-13-6-3-5-11-8-9-19(16(11)13)17(20)15-10-12-4-1-2-7-14(12)21-15/h1-9,15H,10,18H2. The highest BCUT2D eigenvalue weighted by molar-refractivity contribution is 6.00. The Hall–Kier alpha value is -2.75. The first-order valence-corrected chi connectivity index (χ1v) is 6.88. The van der Waals surface area contributed by atoms with Gasteiger partial charge < -0.3 is 10.5 Å². The highest BCUT2D eigenvalue weighted by Crippen LogP contribution is 2.30. The predicted octanol–water partition coefficient (Wildman–Crippen LogP) is 2.87. The van der Waals surface area contributed by atoms with Crippen LogP contribution >= 0.6 is 0 Å². The molecule has 0 amide bonds. The molecule has 2 aromatic carbocycles. The second kappa shape index (κ2) is 4.38. The first-order valence-electron chi connectivity index (χ1n) is 6.88. The minimum atomic E-state index is -0.488. The van der Waals surface area contributed by atoms with Gasteiger partial charge in [-0.05, 0) is 23.8 Å². The molecule has 0 bridgehead atoms. The van der Waals surface area contributed by atoms with Gasteiger partial charge in [0, 0.05) is 18.0 Å². The highest BCUT2D eigenvalue weighted by Gasteiger charge is 2.30. The van der Waals surface area contributed by atoms with Crippen molar-refractivity contribution in [3.8, 4) is 5.75 Å². The van der Waals surface area contributed by atoms with E-state index in [-0.39, 0.29) is 5.91 Å². The third kappa shape index (κ3) is 1.80. The molecule has 0 spiro atoms. The van der Waals surface area contributed by atoms with Crippen molar-refractivity contribution in [3.63, 3.8) is 0 Å². The molecule has 3 aromatic rings. The van der Waals surface area contributed by atoms with E-state index in [1.807, 2.05) is 42.5 Å². The number of anilines is 1. The molecule has 4 nitrogen and oxygen atoms in total. The summed E-state index contributed by atoms with van der Waals surface area (Å²) in [5, 5.41) is 0.957. The summed E-state index contributed by atoms with van der Waals surface area (Å²) in [6.45, 7) is 0. The summed E-state index contributed by atoms with van der Waals surface area (Å²) in [6, 6.07) is 15.3. The lowest BCUT2D eigenvalue weighted by molar-refractivity contribution is 0.0740. The summed E-state index contributed by atoms with van der Waals surface area (Å²) in [4.78, 5) is 12.7. The van der Waals surface area contributed by atoms with Gasteiger partial charge in [-0.3, -0.25) is 9.36 Å². The molecule has 0 aliphatic carbocycles. The van der Waals surface area contributed by atoms with E-state index in [9.17, 15) is 4.79 Å². The molecule has 0 fully saturated rings. The van der Waals surface area contributed by atoms with Crippen molar-refractivity contribution in [1.29, 1.82) is 0 Å². The van der Waals surface area contributed by atoms with Gasteiger partial charge in [0.25, 0.3) is 5.91 Å². The third-order valence-electron chi connectivity index (χ3n) is 3.90. The normalized spacial score (nSPS) is 16.7. The van der Waals surface area contributed by atoms with Gasteiger partial charge in [-0.1, -0.05) is 30.3 Å². The lowest BCUT2D eigenvalue weighted by Crippen LogP contribution is -2.30. The lowest BCUT2D eigenvalue weighted by atomic mass is 10.1. The minimum absolute atomic E-state index is 0.0842. The van der Waals surface area contributed by atoms with Crippen LogP contribution in [0.1, 0.15) is 10.4 Å². The Balaban J connectivity index is 1.73. The number of fused-ring (bicyclic) bond motifs is 2. The van der Waals surface area contributed by atoms with E-state index < -0.39 is 6.10 Å². The number of hydrogen-bond donors (Lipinski definition) is 1. The molecule has 0 radical (unpaired) electrons. The SMILES string of the molecule is Nc1cccc2ccn(C(=O)C3Cc4ccccc4O3)c12. The Bertz CT molecular complexity index is 826. The van der Waals surface area contributed by atoms with Crippen molar-refractivity contribution in [2.45, 2.75) is 12.5 Å². The number of carbonyl (C=O) groups excluding carboxylic acids is 1. The molecule has 2 N–H and O–H groups in total. The fourth-order valence-corrected chi connectivity index (χ4v) is 2.88. The Kier molecular flexibility index (Phi) is 2.51. The van der Waals surface area contributed by atoms with Gasteiger partial charge in [0.1, 0.15) is 5.75 Å². The molecule has 1 atom stereocenters. The lowest BCUT2D eigenvalue weighted by Gasteiger charge is -2.12. The molecule has 1 aromatic heterocycles. The van der Waals surface area contributed by atoms with E-state index >= 15 is 0 Å². The first kappa shape index (κ1) is 12.0. The van der Waals surface area contributed by atoms with Crippen LogP contribution in [0.4, 0.5) is 5.69 Å². The summed E-state index contributed by atoms with van der Waals surface area (Å²) in [5.41, 5.74) is 8.43. The summed E-state index contributed by atoms with van der Waals surface area (Å²) in [5.74, 6) is 0.708. The van der Waals surface area contributed by atoms with Gasteiger partial charge in [0.2, 0.25) is 0 Å². The quantitative estimate of drug-likeness (QED) is 0.696. The number of nitrogen functional groups attached to an aromatic ring is 1. The van der Waals surface area contributed by atoms with Crippen LogP contribution in [0.25, 0.3) is 10.9 Å². The maximum Gasteiger partial charge on any atom is 0.272 e. The van der Waals surface area contributed by atoms with Crippen molar-refractivity contribution in [1.82, 2.24) is 4.57 Å². The van der Waals surface area contributed by atoms with Crippen molar-refractivity contribution in [2.75, 3.05) is 5.73 Å². The first-order chi connectivity index (χ1) is 10.2. The molecule has 4 rings (SSSR count). The van der Waals surface area contributed by atoms with E-state index in [0.29, 0.717) is 12.1 Å². The number of carbonyl (C=O) groups is 1. The van der Waals surface area contributed by atoms with Crippen molar-refractivity contribution in [3.05, 3.63) is 60.3 Å². The monoisotopic (exact) mass is 278 g/mol. The Morgan fingerprint density at radius 2 is 2.00 bits per heavy atom. The Morgan fingerprint density at radius 3 is 2.86 bits per heavy atom. The molecular weight excluding hydrogens is 264 g/mol. The molecule has 104 valence electrons. The number of benzene rings is 2. The third-order valence-corrected chi connectivity index (χ3v) is 3.90. The number of rotatable bonds is 1. The van der Waals surface area contributed by atoms with Crippen LogP contribution in [0.3, 0.4) is 0 Å². The molecule has 2 heterocycles. The average Bonchev–Trinajstić information content (AvgIpc) is 3.11. The van der Waals surface area contributed by atoms with Crippen LogP contribution in [0, 0.1) is 0 Å². The van der Waals surface area contributed by atoms with Gasteiger partial charge >= 0.3 is 0 Å². The van der Waals surface area contributed by atoms with E-state index in [2.05, 4.69) is 0 Å². The topological polar surface area (TPSA) is 57.2 Å². The predicted molar refractivity (Wildman–Crippen MR) is 81.5 cm³/mol. The molecule has 1 unspecified atom stereocenters. The maximum absolute atomic E-state index is 12.7. The summed E-state index contributed by atoms with van der Waals surface area (Å²) < 4.78 is 7.37. The van der Waals surface area contributed by atoms with Gasteiger partial charge in [-0.2, -0.15) is 0 Å². The van der Waals surface area contributed by atoms with Crippen LogP contribution in [0.5, 0.6) is 5.75 Å². The van der Waals surface area contributed by atoms with Gasteiger partial charge in [-0.25, -0.2) is 0 Å². The Morgan fingerprint density at radius 1 is 1.14 bits per heavy atom. The van der Waals surface area contributed by atoms with Crippen LogP contribution in [0.15, 0.2) is 54.7 Å². The fourth-order valence-electron chi connectivity index (χ4n) is 2.88. The van der Waals surface area contributed by atoms with E-state index in [0.717, 1.165) is 22.2 Å². The highest BCUT2D eigenvalue weighted by atomic mass is 16.5. The largest absolute Gasteiger partial charge is 0.480 e. The molecule has 0 saturated heterocycles. The molecular formula is C17H14N2O2. The number of nitrogens with two attached hydrogens (primary N) is 1. The second-order valence-corrected chi connectivity index (χ2v) is 5.23. The fraction of sp³-hybridized carbons (Fsp3) is 0.118. The van der Waals surface area contributed by atoms with E-state index in [4.69, 9.17) is 10.5 Å². The smallest absolute Gasteiger partial charge is 0.272 e. The summed E-state index contributed by atoms with van der Waals surface area (Å²) in [6.07, 6.45) is 1.87. The average molecular weight is 278 g/mol. The zero-order valence-electron chi connectivity index (χ0n) is 11.3. The zero-order valence-corrected chi connectivity index (χ0v) is 11.3. The molecule has 0 saturated carbocycles. The molecule has 1 aliphatic heterocycles. The Labute approximate surface area is 121 Å². The van der Waals surface area contributed by atoms with Gasteiger partial charge in [0.15, 0.2) is 6.10 Å². The number of para-hydroxylation sites is 2. The number of aromatic nitrogens is 1. The second-order valence-electron chi connectivity index (χ2n) is 5.23. The van der Waals surface area contributed by atoms with Crippen molar-refractivity contribution in [2.24, 2.45) is 0 Å². The number of ether oxygens (including phenoxy) is 1. The van der Waals surface area contributed by atoms with E-state index in [1.54, 1.807) is 16.8 Å². The van der Waals surface area contributed by atoms with Gasteiger partial charge in [-0.15, -0.1) is 0 Å². The summed E-state index contributed by atoms with van der Waals surface area (Å²) >= 11 is 0. The van der Waals surface area contributed by atoms with Gasteiger partial charge in [0.05, 0.1) is 11.2 Å². The van der Waals surface area contributed by atoms with Crippen molar-refractivity contribution >= 4 is 22.5 Å². The molecule has 4 heteroatoms. The molecule has 1 aliphatic rings. The molecule has 21 heavy (non-hydrogen) atoms. The van der Waals surface area contributed by atoms with Crippen molar-refractivity contribution < 1.29 is 9.53 Å². The number of nitrogens with zero attached hydrogens (tertiary/aromatic N) is 1. The maximum atomic E-state index is 12.7. The summed E-state index contributed by atoms with van der Waals surface area (Å²) in [7, 11) is 0. The van der Waals surface area contributed by atoms with Crippen LogP contribution < -0.4 is 10.5 Å². The van der Waals surface area contributed by atoms with Crippen LogP contribution in [-0.2, 0) is 6.42 Å². The van der Waals surface area contributed by atoms with E-state index in [1.165, 1.54) is 0 Å². The number of hydrogen-bond acceptors (Lipinski definition) is 3.